The summed E-state index contributed by atoms with van der Waals surface area (Å²) in [5, 5.41) is 17.0. The first-order valence-corrected chi connectivity index (χ1v) is 9.94. The molecule has 1 aromatic carbocycles. The van der Waals surface area contributed by atoms with E-state index in [1.807, 2.05) is 13.8 Å². The maximum Gasteiger partial charge on any atom is 0.220 e. The molecule has 3 aromatic rings. The van der Waals surface area contributed by atoms with Crippen LogP contribution in [0.2, 0.25) is 0 Å². The van der Waals surface area contributed by atoms with E-state index in [0.29, 0.717) is 6.42 Å². The number of nitrogens with one attached hydrogen (secondary N) is 1. The average molecular weight is 380 g/mol. The summed E-state index contributed by atoms with van der Waals surface area (Å²) < 4.78 is 7.55. The van der Waals surface area contributed by atoms with Crippen LogP contribution in [0.25, 0.3) is 22.2 Å². The first kappa shape index (κ1) is 17.4. The minimum atomic E-state index is -0.252. The molecule has 1 aliphatic heterocycles. The number of imidazole rings is 1. The van der Waals surface area contributed by atoms with Crippen LogP contribution in [-0.2, 0) is 4.79 Å². The fourth-order valence-corrected chi connectivity index (χ4v) is 4.57. The summed E-state index contributed by atoms with van der Waals surface area (Å²) in [5.41, 5.74) is 4.83. The number of aryl methyl sites for hydroxylation is 2. The van der Waals surface area contributed by atoms with E-state index >= 15 is 0 Å². The monoisotopic (exact) mass is 380 g/mol. The first-order chi connectivity index (χ1) is 13.5. The lowest BCUT2D eigenvalue weighted by atomic mass is 9.88. The molecular formula is C21H24N4O3. The van der Waals surface area contributed by atoms with Crippen LogP contribution in [0.15, 0.2) is 22.7 Å². The Bertz CT molecular complexity index is 1040. The average Bonchev–Trinajstić information content (AvgIpc) is 3.18. The lowest BCUT2D eigenvalue weighted by molar-refractivity contribution is -0.123. The number of aliphatic hydroxyl groups excluding tert-OH is 1. The number of piperidine rings is 1. The van der Waals surface area contributed by atoms with Gasteiger partial charge >= 0.3 is 0 Å². The van der Waals surface area contributed by atoms with E-state index in [4.69, 9.17) is 9.51 Å². The molecule has 1 amide bonds. The highest BCUT2D eigenvalue weighted by atomic mass is 16.5. The number of fused-ring (bicyclic) bond motifs is 1. The Morgan fingerprint density at radius 2 is 2.11 bits per heavy atom. The van der Waals surface area contributed by atoms with Crippen molar-refractivity contribution < 1.29 is 14.4 Å². The van der Waals surface area contributed by atoms with Gasteiger partial charge in [0.25, 0.3) is 0 Å². The molecule has 2 N–H and O–H groups in total. The SMILES string of the molecule is Cc1noc(C)c1-c1ccc2c(c1)nc([C@@H]1CCCC(=O)N1)n2[C@H]1C[C@H](O)C1. The van der Waals surface area contributed by atoms with Gasteiger partial charge in [0.2, 0.25) is 5.91 Å². The van der Waals surface area contributed by atoms with E-state index in [9.17, 15) is 9.90 Å². The van der Waals surface area contributed by atoms with Crippen molar-refractivity contribution in [1.82, 2.24) is 20.0 Å². The Balaban J connectivity index is 1.63. The summed E-state index contributed by atoms with van der Waals surface area (Å²) in [6, 6.07) is 6.38. The Morgan fingerprint density at radius 1 is 1.29 bits per heavy atom. The van der Waals surface area contributed by atoms with Crippen LogP contribution < -0.4 is 5.32 Å². The normalized spacial score (nSPS) is 25.0. The zero-order valence-electron chi connectivity index (χ0n) is 16.1. The fraction of sp³-hybridized carbons (Fsp3) is 0.476. The first-order valence-electron chi connectivity index (χ1n) is 9.94. The third-order valence-corrected chi connectivity index (χ3v) is 6.04. The van der Waals surface area contributed by atoms with Crippen molar-refractivity contribution in [2.45, 2.75) is 64.1 Å². The maximum absolute atomic E-state index is 12.0. The number of rotatable bonds is 3. The Kier molecular flexibility index (Phi) is 4.01. The minimum Gasteiger partial charge on any atom is -0.393 e. The van der Waals surface area contributed by atoms with E-state index in [1.165, 1.54) is 0 Å². The van der Waals surface area contributed by atoms with Crippen molar-refractivity contribution in [2.75, 3.05) is 0 Å². The molecule has 146 valence electrons. The highest BCUT2D eigenvalue weighted by Crippen LogP contribution is 2.39. The molecule has 0 spiro atoms. The van der Waals surface area contributed by atoms with Crippen molar-refractivity contribution in [1.29, 1.82) is 0 Å². The predicted molar refractivity (Wildman–Crippen MR) is 104 cm³/mol. The van der Waals surface area contributed by atoms with Crippen LogP contribution in [-0.4, -0.2) is 31.8 Å². The van der Waals surface area contributed by atoms with Gasteiger partial charge in [-0.3, -0.25) is 4.79 Å². The van der Waals surface area contributed by atoms with Gasteiger partial charge in [0.1, 0.15) is 11.6 Å². The summed E-state index contributed by atoms with van der Waals surface area (Å²) >= 11 is 0. The number of hydrogen-bond donors (Lipinski definition) is 2. The molecule has 1 aliphatic carbocycles. The van der Waals surface area contributed by atoms with Gasteiger partial charge in [-0.25, -0.2) is 4.98 Å². The molecule has 3 heterocycles. The van der Waals surface area contributed by atoms with Crippen molar-refractivity contribution in [2.24, 2.45) is 0 Å². The van der Waals surface area contributed by atoms with Crippen LogP contribution in [0.3, 0.4) is 0 Å². The predicted octanol–water partition coefficient (Wildman–Crippen LogP) is 3.35. The lowest BCUT2D eigenvalue weighted by Crippen LogP contribution is -2.37. The van der Waals surface area contributed by atoms with Crippen LogP contribution in [0.4, 0.5) is 0 Å². The van der Waals surface area contributed by atoms with E-state index in [1.54, 1.807) is 0 Å². The summed E-state index contributed by atoms with van der Waals surface area (Å²) in [7, 11) is 0. The molecule has 28 heavy (non-hydrogen) atoms. The largest absolute Gasteiger partial charge is 0.393 e. The minimum absolute atomic E-state index is 0.0751. The zero-order valence-corrected chi connectivity index (χ0v) is 16.1. The van der Waals surface area contributed by atoms with Gasteiger partial charge in [-0.05, 0) is 57.2 Å². The molecule has 1 saturated carbocycles. The van der Waals surface area contributed by atoms with Gasteiger partial charge in [-0.15, -0.1) is 0 Å². The van der Waals surface area contributed by atoms with E-state index in [-0.39, 0.29) is 24.1 Å². The number of carbonyl (C=O) groups is 1. The van der Waals surface area contributed by atoms with Gasteiger partial charge in [-0.1, -0.05) is 11.2 Å². The van der Waals surface area contributed by atoms with Crippen LogP contribution >= 0.6 is 0 Å². The Hall–Kier alpha value is -2.67. The van der Waals surface area contributed by atoms with Crippen LogP contribution in [0.1, 0.15) is 61.5 Å². The van der Waals surface area contributed by atoms with Crippen molar-refractivity contribution in [3.63, 3.8) is 0 Å². The fourth-order valence-electron chi connectivity index (χ4n) is 4.57. The third kappa shape index (κ3) is 2.73. The highest BCUT2D eigenvalue weighted by molar-refractivity contribution is 5.84. The van der Waals surface area contributed by atoms with Crippen molar-refractivity contribution in [3.05, 3.63) is 35.5 Å². The molecule has 7 heteroatoms. The quantitative estimate of drug-likeness (QED) is 0.727. The summed E-state index contributed by atoms with van der Waals surface area (Å²) in [5.74, 6) is 1.77. The summed E-state index contributed by atoms with van der Waals surface area (Å²) in [6.07, 6.45) is 3.54. The number of benzene rings is 1. The summed E-state index contributed by atoms with van der Waals surface area (Å²) in [4.78, 5) is 16.9. The molecular weight excluding hydrogens is 356 g/mol. The second kappa shape index (κ2) is 6.44. The van der Waals surface area contributed by atoms with E-state index in [0.717, 1.165) is 65.1 Å². The number of carbonyl (C=O) groups excluding carboxylic acids is 1. The zero-order chi connectivity index (χ0) is 19.4. The van der Waals surface area contributed by atoms with E-state index < -0.39 is 0 Å². The van der Waals surface area contributed by atoms with Gasteiger partial charge in [-0.2, -0.15) is 0 Å². The second-order valence-corrected chi connectivity index (χ2v) is 8.03. The molecule has 1 atom stereocenters. The van der Waals surface area contributed by atoms with Gasteiger partial charge in [0, 0.05) is 18.0 Å². The van der Waals surface area contributed by atoms with E-state index in [2.05, 4.69) is 33.2 Å². The number of amides is 1. The van der Waals surface area contributed by atoms with Gasteiger partial charge in [0.15, 0.2) is 0 Å². The molecule has 2 fully saturated rings. The van der Waals surface area contributed by atoms with Gasteiger partial charge in [0.05, 0.1) is 28.9 Å². The maximum atomic E-state index is 12.0. The molecule has 1 saturated heterocycles. The van der Waals surface area contributed by atoms with Gasteiger partial charge < -0.3 is 19.5 Å². The topological polar surface area (TPSA) is 93.2 Å². The Labute approximate surface area is 162 Å². The molecule has 2 aromatic heterocycles. The van der Waals surface area contributed by atoms with Crippen molar-refractivity contribution in [3.8, 4) is 11.1 Å². The number of aliphatic hydroxyl groups is 1. The highest BCUT2D eigenvalue weighted by Gasteiger charge is 2.34. The van der Waals surface area contributed by atoms with Crippen LogP contribution in [0.5, 0.6) is 0 Å². The molecule has 7 nitrogen and oxygen atoms in total. The third-order valence-electron chi connectivity index (χ3n) is 6.04. The smallest absolute Gasteiger partial charge is 0.220 e. The molecule has 0 radical (unpaired) electrons. The Morgan fingerprint density at radius 3 is 2.79 bits per heavy atom. The number of hydrogen-bond acceptors (Lipinski definition) is 5. The number of nitrogens with zero attached hydrogens (tertiary/aromatic N) is 3. The van der Waals surface area contributed by atoms with Crippen molar-refractivity contribution >= 4 is 16.9 Å². The lowest BCUT2D eigenvalue weighted by Gasteiger charge is -2.35. The van der Waals surface area contributed by atoms with Crippen LogP contribution in [0, 0.1) is 13.8 Å². The standard InChI is InChI=1S/C21H24N4O3/c1-11-20(12(2)28-24-11)13-6-7-18-17(8-13)23-21(16-4-3-5-19(27)22-16)25(18)14-9-15(26)10-14/h6-8,14-16,26H,3-5,9-10H2,1-2H3,(H,22,27)/t14-,15-,16-/m0/s1. The molecule has 5 rings (SSSR count). The number of aromatic nitrogens is 3. The molecule has 0 bridgehead atoms. The molecule has 2 aliphatic rings. The summed E-state index contributed by atoms with van der Waals surface area (Å²) in [6.45, 7) is 3.85. The molecule has 0 unspecified atom stereocenters. The second-order valence-electron chi connectivity index (χ2n) is 8.03.